The molecule has 0 aromatic heterocycles. The molecule has 20 heavy (non-hydrogen) atoms. The Morgan fingerprint density at radius 3 is 2.95 bits per heavy atom. The highest BCUT2D eigenvalue weighted by molar-refractivity contribution is 5.45. The first-order valence-electron chi connectivity index (χ1n) is 7.25. The summed E-state index contributed by atoms with van der Waals surface area (Å²) in [4.78, 5) is 2.48. The second-order valence-corrected chi connectivity index (χ2v) is 5.28. The Balaban J connectivity index is 2.15. The number of likely N-dealkylation sites (tertiary alicyclic amines) is 1. The van der Waals surface area contributed by atoms with E-state index in [1.807, 2.05) is 12.1 Å². The molecular weight excluding hydrogens is 250 g/mol. The molecule has 1 unspecified atom stereocenters. The molecule has 0 spiro atoms. The maximum Gasteiger partial charge on any atom is 0.119 e. The molecule has 3 nitrogen and oxygen atoms in total. The molecule has 1 aliphatic rings. The van der Waals surface area contributed by atoms with Crippen molar-refractivity contribution in [1.29, 1.82) is 0 Å². The predicted molar refractivity (Wildman–Crippen MR) is 80.6 cm³/mol. The monoisotopic (exact) mass is 273 g/mol. The van der Waals surface area contributed by atoms with E-state index in [1.165, 1.54) is 24.9 Å². The maximum atomic E-state index is 8.86. The lowest BCUT2D eigenvalue weighted by Crippen LogP contribution is -2.20. The second-order valence-electron chi connectivity index (χ2n) is 5.28. The Morgan fingerprint density at radius 1 is 1.45 bits per heavy atom. The number of aliphatic hydroxyl groups is 1. The van der Waals surface area contributed by atoms with E-state index in [1.54, 1.807) is 7.11 Å². The van der Waals surface area contributed by atoms with E-state index >= 15 is 0 Å². The number of rotatable bonds is 4. The van der Waals surface area contributed by atoms with Gasteiger partial charge in [0.15, 0.2) is 0 Å². The molecule has 1 saturated heterocycles. The topological polar surface area (TPSA) is 32.7 Å². The van der Waals surface area contributed by atoms with Crippen LogP contribution in [0.5, 0.6) is 5.75 Å². The van der Waals surface area contributed by atoms with E-state index in [0.29, 0.717) is 0 Å². The Hall–Kier alpha value is -1.50. The Morgan fingerprint density at radius 2 is 2.30 bits per heavy atom. The van der Waals surface area contributed by atoms with Gasteiger partial charge in [0.25, 0.3) is 0 Å². The van der Waals surface area contributed by atoms with Gasteiger partial charge in [0.1, 0.15) is 12.4 Å². The summed E-state index contributed by atoms with van der Waals surface area (Å²) in [6.45, 7) is 5.39. The van der Waals surface area contributed by atoms with E-state index in [2.05, 4.69) is 29.7 Å². The summed E-state index contributed by atoms with van der Waals surface area (Å²) in [6, 6.07) is 5.95. The van der Waals surface area contributed by atoms with Gasteiger partial charge in [-0.1, -0.05) is 25.2 Å². The van der Waals surface area contributed by atoms with Gasteiger partial charge < -0.3 is 9.84 Å². The summed E-state index contributed by atoms with van der Waals surface area (Å²) in [7, 11) is 1.68. The largest absolute Gasteiger partial charge is 0.497 e. The predicted octanol–water partition coefficient (Wildman–Crippen LogP) is 2.27. The molecule has 1 atom stereocenters. The van der Waals surface area contributed by atoms with E-state index in [4.69, 9.17) is 9.84 Å². The minimum atomic E-state index is -0.104. The van der Waals surface area contributed by atoms with Crippen molar-refractivity contribution in [2.45, 2.75) is 26.3 Å². The van der Waals surface area contributed by atoms with E-state index in [-0.39, 0.29) is 6.61 Å². The molecule has 0 saturated carbocycles. The molecule has 3 heteroatoms. The lowest BCUT2D eigenvalue weighted by molar-refractivity contribution is 0.314. The maximum absolute atomic E-state index is 8.86. The van der Waals surface area contributed by atoms with Crippen LogP contribution in [0.4, 0.5) is 0 Å². The average molecular weight is 273 g/mol. The minimum Gasteiger partial charge on any atom is -0.497 e. The van der Waals surface area contributed by atoms with Crippen LogP contribution in [0.3, 0.4) is 0 Å². The van der Waals surface area contributed by atoms with E-state index < -0.39 is 0 Å². The van der Waals surface area contributed by atoms with Crippen molar-refractivity contribution in [2.24, 2.45) is 5.92 Å². The first-order chi connectivity index (χ1) is 9.76. The van der Waals surface area contributed by atoms with E-state index in [0.717, 1.165) is 30.3 Å². The fourth-order valence-electron chi connectivity index (χ4n) is 2.72. The summed E-state index contributed by atoms with van der Waals surface area (Å²) < 4.78 is 5.30. The number of aliphatic hydroxyl groups excluding tert-OH is 1. The number of nitrogens with zero attached hydrogens (tertiary/aromatic N) is 1. The molecule has 0 bridgehead atoms. The molecule has 1 aromatic rings. The molecule has 0 amide bonds. The zero-order valence-electron chi connectivity index (χ0n) is 12.4. The Labute approximate surface area is 121 Å². The van der Waals surface area contributed by atoms with Gasteiger partial charge in [0.2, 0.25) is 0 Å². The third-order valence-corrected chi connectivity index (χ3v) is 3.96. The molecule has 0 aliphatic carbocycles. The van der Waals surface area contributed by atoms with Crippen LogP contribution in [0.25, 0.3) is 0 Å². The number of ether oxygens (including phenoxy) is 1. The van der Waals surface area contributed by atoms with E-state index in [9.17, 15) is 0 Å². The molecule has 1 fully saturated rings. The minimum absolute atomic E-state index is 0.104. The lowest BCUT2D eigenvalue weighted by atomic mass is 10.1. The van der Waals surface area contributed by atoms with Gasteiger partial charge in [-0.3, -0.25) is 4.90 Å². The van der Waals surface area contributed by atoms with Gasteiger partial charge in [-0.15, -0.1) is 0 Å². The summed E-state index contributed by atoms with van der Waals surface area (Å²) in [5.74, 6) is 7.45. The van der Waals surface area contributed by atoms with Gasteiger partial charge in [0, 0.05) is 18.7 Å². The molecule has 1 aromatic carbocycles. The van der Waals surface area contributed by atoms with Gasteiger partial charge in [0.05, 0.1) is 7.11 Å². The number of hydrogen-bond acceptors (Lipinski definition) is 3. The number of benzene rings is 1. The van der Waals surface area contributed by atoms with Crippen molar-refractivity contribution < 1.29 is 9.84 Å². The van der Waals surface area contributed by atoms with Crippen LogP contribution in [0.2, 0.25) is 0 Å². The highest BCUT2D eigenvalue weighted by Crippen LogP contribution is 2.24. The van der Waals surface area contributed by atoms with Crippen LogP contribution in [0.1, 0.15) is 30.9 Å². The molecular formula is C17H23NO2. The van der Waals surface area contributed by atoms with Gasteiger partial charge >= 0.3 is 0 Å². The van der Waals surface area contributed by atoms with Gasteiger partial charge in [-0.2, -0.15) is 0 Å². The molecule has 108 valence electrons. The molecule has 1 aliphatic heterocycles. The van der Waals surface area contributed by atoms with Gasteiger partial charge in [-0.05, 0) is 42.6 Å². The standard InChI is InChI=1S/C17H23NO2/c1-3-14-8-9-18(12-14)13-16-11-17(20-2)7-6-15(16)5-4-10-19/h6-7,11,14,19H,3,8-10,12-13H2,1-2H3. The fraction of sp³-hybridized carbons (Fsp3) is 0.529. The summed E-state index contributed by atoms with van der Waals surface area (Å²) in [6.07, 6.45) is 2.55. The van der Waals surface area contributed by atoms with Crippen molar-refractivity contribution in [3.8, 4) is 17.6 Å². The summed E-state index contributed by atoms with van der Waals surface area (Å²) in [5, 5.41) is 8.86. The third-order valence-electron chi connectivity index (χ3n) is 3.96. The third kappa shape index (κ3) is 3.75. The number of hydrogen-bond donors (Lipinski definition) is 1. The molecule has 2 rings (SSSR count). The van der Waals surface area contributed by atoms with Crippen molar-refractivity contribution in [1.82, 2.24) is 4.90 Å². The zero-order chi connectivity index (χ0) is 14.4. The van der Waals surface area contributed by atoms with Crippen molar-refractivity contribution in [3.63, 3.8) is 0 Å². The summed E-state index contributed by atoms with van der Waals surface area (Å²) >= 11 is 0. The van der Waals surface area contributed by atoms with Crippen LogP contribution < -0.4 is 4.74 Å². The highest BCUT2D eigenvalue weighted by atomic mass is 16.5. The second kappa shape index (κ2) is 7.33. The van der Waals surface area contributed by atoms with Gasteiger partial charge in [-0.25, -0.2) is 0 Å². The quantitative estimate of drug-likeness (QED) is 0.854. The molecule has 1 N–H and O–H groups in total. The zero-order valence-corrected chi connectivity index (χ0v) is 12.4. The first-order valence-corrected chi connectivity index (χ1v) is 7.25. The first kappa shape index (κ1) is 14.9. The van der Waals surface area contributed by atoms with Crippen molar-refractivity contribution >= 4 is 0 Å². The smallest absolute Gasteiger partial charge is 0.119 e. The number of methoxy groups -OCH3 is 1. The van der Waals surface area contributed by atoms with Crippen molar-refractivity contribution in [2.75, 3.05) is 26.8 Å². The Kier molecular flexibility index (Phi) is 5.46. The van der Waals surface area contributed by atoms with Crippen LogP contribution >= 0.6 is 0 Å². The van der Waals surface area contributed by atoms with Crippen molar-refractivity contribution in [3.05, 3.63) is 29.3 Å². The van der Waals surface area contributed by atoms with Crippen LogP contribution in [-0.4, -0.2) is 36.8 Å². The molecule has 1 heterocycles. The summed E-state index contributed by atoms with van der Waals surface area (Å²) in [5.41, 5.74) is 2.17. The van der Waals surface area contributed by atoms with Crippen LogP contribution in [0.15, 0.2) is 18.2 Å². The Bertz CT molecular complexity index is 501. The fourth-order valence-corrected chi connectivity index (χ4v) is 2.72. The van der Waals surface area contributed by atoms with Crippen LogP contribution in [-0.2, 0) is 6.54 Å². The average Bonchev–Trinajstić information content (AvgIpc) is 2.93. The highest BCUT2D eigenvalue weighted by Gasteiger charge is 2.21. The SMILES string of the molecule is CCC1CCN(Cc2cc(OC)ccc2C#CCO)C1. The normalized spacial score (nSPS) is 18.6. The molecule has 0 radical (unpaired) electrons. The lowest BCUT2D eigenvalue weighted by Gasteiger charge is -2.17. The van der Waals surface area contributed by atoms with Crippen LogP contribution in [0, 0.1) is 17.8 Å².